The van der Waals surface area contributed by atoms with Crippen molar-refractivity contribution in [3.63, 3.8) is 0 Å². The summed E-state index contributed by atoms with van der Waals surface area (Å²) in [7, 11) is 5.06. The van der Waals surface area contributed by atoms with Crippen LogP contribution >= 0.6 is 0 Å². The fraction of sp³-hybridized carbons (Fsp3) is 0.759. The Balaban J connectivity index is 1.95. The fourth-order valence-corrected chi connectivity index (χ4v) is 3.31. The van der Waals surface area contributed by atoms with Gasteiger partial charge < -0.3 is 47.5 Å². The maximum Gasteiger partial charge on any atom is 0.409 e. The summed E-state index contributed by atoms with van der Waals surface area (Å²) in [5, 5.41) is 0. The molecule has 0 aromatic heterocycles. The highest BCUT2D eigenvalue weighted by Crippen LogP contribution is 2.03. The van der Waals surface area contributed by atoms with Gasteiger partial charge in [0.2, 0.25) is 0 Å². The van der Waals surface area contributed by atoms with Gasteiger partial charge in [0.15, 0.2) is 0 Å². The minimum atomic E-state index is -0.341. The molecule has 0 saturated heterocycles. The van der Waals surface area contributed by atoms with Gasteiger partial charge in [-0.1, -0.05) is 30.3 Å². The van der Waals surface area contributed by atoms with Crippen LogP contribution in [0.3, 0.4) is 0 Å². The largest absolute Gasteiger partial charge is 0.445 e. The molecule has 0 unspecified atom stereocenters. The lowest BCUT2D eigenvalue weighted by atomic mass is 10.2. The zero-order chi connectivity index (χ0) is 29.6. The molecular formula is C29H52N2O10. The van der Waals surface area contributed by atoms with Gasteiger partial charge in [-0.2, -0.15) is 0 Å². The van der Waals surface area contributed by atoms with E-state index in [2.05, 4.69) is 4.90 Å². The predicted octanol–water partition coefficient (Wildman–Crippen LogP) is 1.95. The Hall–Kier alpha value is -1.87. The summed E-state index contributed by atoms with van der Waals surface area (Å²) in [5.41, 5.74) is 0.962. The van der Waals surface area contributed by atoms with Crippen LogP contribution in [0, 0.1) is 0 Å². The van der Waals surface area contributed by atoms with Crippen molar-refractivity contribution in [2.24, 2.45) is 0 Å². The third kappa shape index (κ3) is 23.4. The van der Waals surface area contributed by atoms with Gasteiger partial charge in [0, 0.05) is 47.4 Å². The molecule has 12 nitrogen and oxygen atoms in total. The van der Waals surface area contributed by atoms with Crippen molar-refractivity contribution in [2.75, 3.05) is 140 Å². The van der Waals surface area contributed by atoms with Gasteiger partial charge in [0.1, 0.15) is 6.61 Å². The number of hydrogen-bond donors (Lipinski definition) is 0. The lowest BCUT2D eigenvalue weighted by Crippen LogP contribution is -2.39. The zero-order valence-electron chi connectivity index (χ0n) is 25.3. The minimum Gasteiger partial charge on any atom is -0.445 e. The Morgan fingerprint density at radius 1 is 0.561 bits per heavy atom. The van der Waals surface area contributed by atoms with Crippen molar-refractivity contribution < 1.29 is 47.4 Å². The number of ether oxygens (including phenoxy) is 9. The summed E-state index contributed by atoms with van der Waals surface area (Å²) in [6, 6.07) is 9.64. The van der Waals surface area contributed by atoms with Crippen molar-refractivity contribution in [3.05, 3.63) is 35.9 Å². The van der Waals surface area contributed by atoms with Gasteiger partial charge in [-0.15, -0.1) is 0 Å². The Labute approximate surface area is 246 Å². The Bertz CT molecular complexity index is 701. The molecule has 0 bridgehead atoms. The van der Waals surface area contributed by atoms with Gasteiger partial charge in [0.05, 0.1) is 92.5 Å². The van der Waals surface area contributed by atoms with E-state index >= 15 is 0 Å². The van der Waals surface area contributed by atoms with Crippen molar-refractivity contribution in [1.29, 1.82) is 0 Å². The van der Waals surface area contributed by atoms with E-state index in [0.29, 0.717) is 106 Å². The number of amides is 1. The van der Waals surface area contributed by atoms with Crippen LogP contribution in [0.5, 0.6) is 0 Å². The van der Waals surface area contributed by atoms with Crippen molar-refractivity contribution in [1.82, 2.24) is 9.80 Å². The van der Waals surface area contributed by atoms with E-state index in [1.165, 1.54) is 0 Å². The summed E-state index contributed by atoms with van der Waals surface area (Å²) in [6.07, 6.45) is -0.341. The summed E-state index contributed by atoms with van der Waals surface area (Å²) in [5.74, 6) is 0. The molecule has 0 heterocycles. The first-order valence-electron chi connectivity index (χ1n) is 14.3. The van der Waals surface area contributed by atoms with Crippen molar-refractivity contribution in [3.8, 4) is 0 Å². The molecule has 0 fully saturated rings. The first-order valence-corrected chi connectivity index (χ1v) is 14.3. The maximum absolute atomic E-state index is 12.3. The molecule has 41 heavy (non-hydrogen) atoms. The van der Waals surface area contributed by atoms with Gasteiger partial charge in [-0.3, -0.25) is 4.90 Å². The van der Waals surface area contributed by atoms with Crippen LogP contribution in [0.15, 0.2) is 30.3 Å². The normalized spacial score (nSPS) is 11.3. The molecule has 0 saturated carbocycles. The molecule has 0 aliphatic rings. The van der Waals surface area contributed by atoms with E-state index in [0.717, 1.165) is 18.7 Å². The van der Waals surface area contributed by atoms with E-state index in [9.17, 15) is 4.79 Å². The van der Waals surface area contributed by atoms with E-state index in [1.54, 1.807) is 26.2 Å². The third-order valence-electron chi connectivity index (χ3n) is 5.72. The number of benzene rings is 1. The Kier molecular flexibility index (Phi) is 25.6. The van der Waals surface area contributed by atoms with Crippen LogP contribution in [-0.2, 0) is 49.2 Å². The lowest BCUT2D eigenvalue weighted by molar-refractivity contribution is -0.0198. The Morgan fingerprint density at radius 2 is 1.00 bits per heavy atom. The van der Waals surface area contributed by atoms with E-state index in [1.807, 2.05) is 30.3 Å². The summed E-state index contributed by atoms with van der Waals surface area (Å²) in [6.45, 7) is 10.5. The topological polar surface area (TPSA) is 107 Å². The van der Waals surface area contributed by atoms with Gasteiger partial charge in [-0.25, -0.2) is 4.79 Å². The number of hydrogen-bond acceptors (Lipinski definition) is 11. The molecule has 0 N–H and O–H groups in total. The smallest absolute Gasteiger partial charge is 0.409 e. The molecular weight excluding hydrogens is 536 g/mol. The maximum atomic E-state index is 12.3. The number of nitrogens with zero attached hydrogens (tertiary/aromatic N) is 2. The zero-order valence-corrected chi connectivity index (χ0v) is 25.3. The molecule has 1 aromatic rings. The molecule has 12 heteroatoms. The molecule has 0 spiro atoms. The summed E-state index contributed by atoms with van der Waals surface area (Å²) < 4.78 is 48.4. The number of rotatable bonds is 29. The molecule has 1 rings (SSSR count). The third-order valence-corrected chi connectivity index (χ3v) is 5.72. The number of methoxy groups -OCH3 is 2. The second-order valence-electron chi connectivity index (χ2n) is 8.96. The van der Waals surface area contributed by atoms with Crippen molar-refractivity contribution >= 4 is 6.09 Å². The first-order chi connectivity index (χ1) is 20.2. The molecule has 1 aromatic carbocycles. The van der Waals surface area contributed by atoms with Crippen LogP contribution < -0.4 is 0 Å². The average molecular weight is 589 g/mol. The molecule has 0 atom stereocenters. The van der Waals surface area contributed by atoms with Gasteiger partial charge in [0.25, 0.3) is 0 Å². The average Bonchev–Trinajstić information content (AvgIpc) is 3.00. The number of carbonyl (C=O) groups excluding carboxylic acids is 1. The molecule has 1 amide bonds. The van der Waals surface area contributed by atoms with Crippen LogP contribution in [0.1, 0.15) is 5.56 Å². The number of carbonyl (C=O) groups is 1. The van der Waals surface area contributed by atoms with Crippen LogP contribution in [0.25, 0.3) is 0 Å². The molecule has 238 valence electrons. The monoisotopic (exact) mass is 588 g/mol. The Morgan fingerprint density at radius 3 is 1.49 bits per heavy atom. The minimum absolute atomic E-state index is 0.261. The molecule has 0 aliphatic carbocycles. The predicted molar refractivity (Wildman–Crippen MR) is 154 cm³/mol. The second kappa shape index (κ2) is 28.3. The quantitative estimate of drug-likeness (QED) is 0.128. The highest BCUT2D eigenvalue weighted by Gasteiger charge is 2.13. The van der Waals surface area contributed by atoms with Crippen LogP contribution in [-0.4, -0.2) is 156 Å². The number of likely N-dealkylation sites (N-methyl/N-ethyl adjacent to an activating group) is 1. The highest BCUT2D eigenvalue weighted by atomic mass is 16.6. The van der Waals surface area contributed by atoms with Crippen molar-refractivity contribution in [2.45, 2.75) is 6.61 Å². The van der Waals surface area contributed by atoms with E-state index in [4.69, 9.17) is 42.6 Å². The van der Waals surface area contributed by atoms with Crippen LogP contribution in [0.2, 0.25) is 0 Å². The standard InChI is InChI=1S/C29H52N2O10/c1-30(29(32)41-27-28-7-5-4-6-8-28)9-10-31(11-13-33-2)12-14-35-17-18-37-21-22-39-25-26-40-24-23-38-20-19-36-16-15-34-3/h4-8H,9-27H2,1-3H3. The molecule has 0 aliphatic heterocycles. The van der Waals surface area contributed by atoms with Gasteiger partial charge >= 0.3 is 6.09 Å². The van der Waals surface area contributed by atoms with E-state index in [-0.39, 0.29) is 12.7 Å². The summed E-state index contributed by atoms with van der Waals surface area (Å²) >= 11 is 0. The first kappa shape index (κ1) is 37.2. The summed E-state index contributed by atoms with van der Waals surface area (Å²) in [4.78, 5) is 16.1. The SMILES string of the molecule is COCCOCCOCCOCCOCCOCCOCCN(CCOC)CCN(C)C(=O)OCc1ccccc1. The lowest BCUT2D eigenvalue weighted by Gasteiger charge is -2.25. The van der Waals surface area contributed by atoms with Crippen LogP contribution in [0.4, 0.5) is 4.79 Å². The second-order valence-corrected chi connectivity index (χ2v) is 8.96. The molecule has 0 radical (unpaired) electrons. The highest BCUT2D eigenvalue weighted by molar-refractivity contribution is 5.67. The fourth-order valence-electron chi connectivity index (χ4n) is 3.31. The van der Waals surface area contributed by atoms with Gasteiger partial charge in [-0.05, 0) is 5.56 Å². The van der Waals surface area contributed by atoms with E-state index < -0.39 is 0 Å².